The molecule has 0 saturated heterocycles. The molecule has 2 aromatic rings. The quantitative estimate of drug-likeness (QED) is 0.504. The molecule has 0 aliphatic carbocycles. The summed E-state index contributed by atoms with van der Waals surface area (Å²) in [4.78, 5) is 2.22. The summed E-state index contributed by atoms with van der Waals surface area (Å²) in [5.41, 5.74) is 2.48. The van der Waals surface area contributed by atoms with Crippen LogP contribution in [0.25, 0.3) is 0 Å². The van der Waals surface area contributed by atoms with Crippen LogP contribution in [0.1, 0.15) is 28.3 Å². The molecule has 0 spiro atoms. The van der Waals surface area contributed by atoms with Gasteiger partial charge in [0.25, 0.3) is 0 Å². The van der Waals surface area contributed by atoms with Crippen molar-refractivity contribution >= 4 is 11.3 Å². The zero-order chi connectivity index (χ0) is 14.7. The number of hydrazine groups is 1. The van der Waals surface area contributed by atoms with E-state index in [1.54, 1.807) is 11.3 Å². The van der Waals surface area contributed by atoms with Crippen molar-refractivity contribution < 1.29 is 13.2 Å². The lowest BCUT2D eigenvalue weighted by Gasteiger charge is -2.16. The van der Waals surface area contributed by atoms with E-state index in [1.807, 2.05) is 19.1 Å². The van der Waals surface area contributed by atoms with Crippen LogP contribution in [0.5, 0.6) is 0 Å². The molecule has 1 atom stereocenters. The van der Waals surface area contributed by atoms with Crippen molar-refractivity contribution in [2.45, 2.75) is 25.8 Å². The Balaban J connectivity index is 2.26. The predicted octanol–water partition coefficient (Wildman–Crippen LogP) is 3.47. The molecule has 0 amide bonds. The number of halogens is 3. The molecule has 0 aliphatic rings. The third kappa shape index (κ3) is 3.03. The first kappa shape index (κ1) is 15.0. The van der Waals surface area contributed by atoms with Gasteiger partial charge in [0.1, 0.15) is 0 Å². The van der Waals surface area contributed by atoms with Gasteiger partial charge in [0.05, 0.1) is 6.04 Å². The van der Waals surface area contributed by atoms with Gasteiger partial charge in [0.2, 0.25) is 0 Å². The van der Waals surface area contributed by atoms with Crippen molar-refractivity contribution in [1.29, 1.82) is 0 Å². The Morgan fingerprint density at radius 3 is 2.40 bits per heavy atom. The van der Waals surface area contributed by atoms with E-state index in [2.05, 4.69) is 5.43 Å². The highest BCUT2D eigenvalue weighted by Gasteiger charge is 2.20. The van der Waals surface area contributed by atoms with Crippen LogP contribution < -0.4 is 11.3 Å². The molecule has 20 heavy (non-hydrogen) atoms. The van der Waals surface area contributed by atoms with E-state index >= 15 is 0 Å². The lowest BCUT2D eigenvalue weighted by Crippen LogP contribution is -2.30. The Hall–Kier alpha value is -1.37. The molecule has 1 aromatic carbocycles. The minimum atomic E-state index is -1.47. The fourth-order valence-electron chi connectivity index (χ4n) is 1.99. The minimum absolute atomic E-state index is 0.0258. The Morgan fingerprint density at radius 1 is 1.10 bits per heavy atom. The number of benzene rings is 1. The smallest absolute Gasteiger partial charge is 0.194 e. The normalized spacial score (nSPS) is 12.7. The minimum Gasteiger partial charge on any atom is -0.271 e. The van der Waals surface area contributed by atoms with Crippen LogP contribution in [-0.2, 0) is 12.8 Å². The summed E-state index contributed by atoms with van der Waals surface area (Å²) in [5, 5.41) is 0. The summed E-state index contributed by atoms with van der Waals surface area (Å²) in [6.07, 6.45) is 1.34. The van der Waals surface area contributed by atoms with Crippen LogP contribution in [0.2, 0.25) is 0 Å². The average Bonchev–Trinajstić information content (AvgIpc) is 2.91. The summed E-state index contributed by atoms with van der Waals surface area (Å²) in [7, 11) is 0. The molecule has 2 rings (SSSR count). The molecule has 2 nitrogen and oxygen atoms in total. The third-order valence-corrected chi connectivity index (χ3v) is 4.36. The van der Waals surface area contributed by atoms with Crippen molar-refractivity contribution in [1.82, 2.24) is 5.43 Å². The molecule has 108 valence electrons. The predicted molar refractivity (Wildman–Crippen MR) is 73.8 cm³/mol. The van der Waals surface area contributed by atoms with Crippen LogP contribution in [0.15, 0.2) is 24.3 Å². The molecule has 0 aliphatic heterocycles. The molecular weight excluding hydrogens is 285 g/mol. The molecule has 0 saturated carbocycles. The van der Waals surface area contributed by atoms with Gasteiger partial charge in [-0.2, -0.15) is 0 Å². The Kier molecular flexibility index (Phi) is 4.80. The summed E-state index contributed by atoms with van der Waals surface area (Å²) in [6.45, 7) is 2.04. The number of nitrogens with one attached hydrogen (secondary N) is 1. The molecule has 3 N–H and O–H groups in total. The molecule has 1 unspecified atom stereocenters. The van der Waals surface area contributed by atoms with Crippen LogP contribution in [0, 0.1) is 17.5 Å². The van der Waals surface area contributed by atoms with Gasteiger partial charge in [-0.15, -0.1) is 11.3 Å². The molecule has 0 bridgehead atoms. The molecule has 0 radical (unpaired) electrons. The summed E-state index contributed by atoms with van der Waals surface area (Å²) >= 11 is 1.60. The van der Waals surface area contributed by atoms with E-state index < -0.39 is 23.5 Å². The Morgan fingerprint density at radius 2 is 1.80 bits per heavy atom. The topological polar surface area (TPSA) is 38.0 Å². The number of hydrogen-bond acceptors (Lipinski definition) is 3. The first-order valence-corrected chi connectivity index (χ1v) is 7.05. The maximum atomic E-state index is 13.8. The zero-order valence-corrected chi connectivity index (χ0v) is 11.7. The highest BCUT2D eigenvalue weighted by atomic mass is 32.1. The molecule has 6 heteroatoms. The number of nitrogens with two attached hydrogens (primary N) is 1. The van der Waals surface area contributed by atoms with Crippen molar-refractivity contribution in [2.75, 3.05) is 0 Å². The van der Waals surface area contributed by atoms with E-state index in [9.17, 15) is 13.2 Å². The monoisotopic (exact) mass is 300 g/mol. The van der Waals surface area contributed by atoms with Gasteiger partial charge in [-0.05, 0) is 24.6 Å². The SMILES string of the molecule is CCc1ccc(CC(NN)c2ccc(F)c(F)c2F)s1. The fraction of sp³-hybridized carbons (Fsp3) is 0.286. The van der Waals surface area contributed by atoms with Crippen molar-refractivity contribution in [3.63, 3.8) is 0 Å². The summed E-state index contributed by atoms with van der Waals surface area (Å²) in [5.74, 6) is 1.55. The van der Waals surface area contributed by atoms with E-state index in [4.69, 9.17) is 5.84 Å². The van der Waals surface area contributed by atoms with E-state index in [1.165, 1.54) is 10.9 Å². The largest absolute Gasteiger partial charge is 0.271 e. The highest BCUT2D eigenvalue weighted by Crippen LogP contribution is 2.27. The van der Waals surface area contributed by atoms with Crippen LogP contribution >= 0.6 is 11.3 Å². The first-order valence-electron chi connectivity index (χ1n) is 6.24. The Labute approximate surface area is 119 Å². The first-order chi connectivity index (χ1) is 9.56. The molecule has 1 aromatic heterocycles. The van der Waals surface area contributed by atoms with Crippen molar-refractivity contribution in [3.05, 3.63) is 57.0 Å². The zero-order valence-electron chi connectivity index (χ0n) is 10.9. The maximum absolute atomic E-state index is 13.8. The summed E-state index contributed by atoms with van der Waals surface area (Å²) < 4.78 is 40.0. The third-order valence-electron chi connectivity index (χ3n) is 3.11. The van der Waals surface area contributed by atoms with Crippen LogP contribution in [0.4, 0.5) is 13.2 Å². The van der Waals surface area contributed by atoms with Gasteiger partial charge in [-0.3, -0.25) is 11.3 Å². The highest BCUT2D eigenvalue weighted by molar-refractivity contribution is 7.11. The van der Waals surface area contributed by atoms with Gasteiger partial charge in [-0.1, -0.05) is 13.0 Å². The van der Waals surface area contributed by atoms with Gasteiger partial charge >= 0.3 is 0 Å². The summed E-state index contributed by atoms with van der Waals surface area (Å²) in [6, 6.07) is 5.45. The maximum Gasteiger partial charge on any atom is 0.194 e. The van der Waals surface area contributed by atoms with Crippen LogP contribution in [-0.4, -0.2) is 0 Å². The van der Waals surface area contributed by atoms with Gasteiger partial charge in [-0.25, -0.2) is 13.2 Å². The van der Waals surface area contributed by atoms with Crippen molar-refractivity contribution in [2.24, 2.45) is 5.84 Å². The lowest BCUT2D eigenvalue weighted by atomic mass is 10.0. The lowest BCUT2D eigenvalue weighted by molar-refractivity contribution is 0.425. The van der Waals surface area contributed by atoms with Gasteiger partial charge < -0.3 is 0 Å². The standard InChI is InChI=1S/C14H15F3N2S/c1-2-8-3-4-9(20-8)7-12(19-18)10-5-6-11(15)14(17)13(10)16/h3-6,12,19H,2,7,18H2,1H3. The van der Waals surface area contributed by atoms with E-state index in [0.717, 1.165) is 17.4 Å². The number of hydrogen-bond donors (Lipinski definition) is 2. The Bertz CT molecular complexity index is 598. The second-order valence-corrected chi connectivity index (χ2v) is 5.66. The molecule has 1 heterocycles. The number of aryl methyl sites for hydroxylation is 1. The second kappa shape index (κ2) is 6.39. The second-order valence-electron chi connectivity index (χ2n) is 4.41. The number of thiophene rings is 1. The molecular formula is C14H15F3N2S. The van der Waals surface area contributed by atoms with Gasteiger partial charge in [0, 0.05) is 21.7 Å². The van der Waals surface area contributed by atoms with Crippen LogP contribution in [0.3, 0.4) is 0 Å². The van der Waals surface area contributed by atoms with E-state index in [-0.39, 0.29) is 5.56 Å². The fourth-order valence-corrected chi connectivity index (χ4v) is 3.00. The van der Waals surface area contributed by atoms with E-state index in [0.29, 0.717) is 6.42 Å². The molecule has 0 fully saturated rings. The van der Waals surface area contributed by atoms with Crippen molar-refractivity contribution in [3.8, 4) is 0 Å². The number of rotatable bonds is 5. The van der Waals surface area contributed by atoms with Gasteiger partial charge in [0.15, 0.2) is 17.5 Å². The average molecular weight is 300 g/mol.